The molecule has 1 heterocycles. The quantitative estimate of drug-likeness (QED) is 0.748. The van der Waals surface area contributed by atoms with Crippen LogP contribution in [-0.2, 0) is 19.5 Å². The van der Waals surface area contributed by atoms with E-state index in [0.29, 0.717) is 38.8 Å². The summed E-state index contributed by atoms with van der Waals surface area (Å²) in [7, 11) is -3.61. The van der Waals surface area contributed by atoms with E-state index in [0.717, 1.165) is 12.8 Å². The highest BCUT2D eigenvalue weighted by Crippen LogP contribution is 2.24. The van der Waals surface area contributed by atoms with Gasteiger partial charge in [-0.2, -0.15) is 4.31 Å². The van der Waals surface area contributed by atoms with E-state index in [1.165, 1.54) is 35.7 Å². The Morgan fingerprint density at radius 3 is 2.60 bits per heavy atom. The van der Waals surface area contributed by atoms with Crippen molar-refractivity contribution in [1.29, 1.82) is 0 Å². The fourth-order valence-corrected chi connectivity index (χ4v) is 4.80. The van der Waals surface area contributed by atoms with Gasteiger partial charge in [0.1, 0.15) is 0 Å². The molecule has 3 rings (SSSR count). The highest BCUT2D eigenvalue weighted by atomic mass is 32.2. The summed E-state index contributed by atoms with van der Waals surface area (Å²) in [5.41, 5.74) is 0.283. The molecule has 0 aromatic heterocycles. The number of sulfonamides is 1. The lowest BCUT2D eigenvalue weighted by atomic mass is 9.90. The summed E-state index contributed by atoms with van der Waals surface area (Å²) in [6.45, 7) is 1.86. The summed E-state index contributed by atoms with van der Waals surface area (Å²) < 4.78 is 37.4. The van der Waals surface area contributed by atoms with Crippen LogP contribution in [0.25, 0.3) is 0 Å². The van der Waals surface area contributed by atoms with Gasteiger partial charge in [0.15, 0.2) is 0 Å². The lowest BCUT2D eigenvalue weighted by Gasteiger charge is -2.26. The van der Waals surface area contributed by atoms with Crippen LogP contribution in [-0.4, -0.2) is 51.6 Å². The minimum Gasteiger partial charge on any atom is -0.462 e. The molecule has 1 aromatic rings. The number of benzene rings is 1. The topological polar surface area (TPSA) is 72.9 Å². The first-order chi connectivity index (χ1) is 12.1. The number of carbonyl (C=O) groups is 1. The predicted molar refractivity (Wildman–Crippen MR) is 92.9 cm³/mol. The van der Waals surface area contributed by atoms with E-state index in [1.807, 2.05) is 0 Å². The summed E-state index contributed by atoms with van der Waals surface area (Å²) in [6, 6.07) is 6.11. The van der Waals surface area contributed by atoms with Gasteiger partial charge >= 0.3 is 5.97 Å². The average molecular weight is 367 g/mol. The Hall–Kier alpha value is -1.44. The first-order valence-corrected chi connectivity index (χ1v) is 10.4. The van der Waals surface area contributed by atoms with E-state index in [2.05, 4.69) is 0 Å². The third kappa shape index (κ3) is 4.59. The third-order valence-electron chi connectivity index (χ3n) is 4.85. The molecule has 2 fully saturated rings. The molecule has 6 nitrogen and oxygen atoms in total. The minimum absolute atomic E-state index is 0.126. The Morgan fingerprint density at radius 2 is 1.88 bits per heavy atom. The molecule has 138 valence electrons. The van der Waals surface area contributed by atoms with Gasteiger partial charge in [-0.05, 0) is 37.0 Å². The van der Waals surface area contributed by atoms with Crippen LogP contribution in [0, 0.1) is 5.92 Å². The number of nitrogens with zero attached hydrogens (tertiary/aromatic N) is 1. The van der Waals surface area contributed by atoms with Crippen LogP contribution < -0.4 is 0 Å². The molecule has 0 bridgehead atoms. The van der Waals surface area contributed by atoms with E-state index in [4.69, 9.17) is 9.47 Å². The SMILES string of the molecule is O=C(OCC1CCCCC1)c1cccc(S(=O)(=O)N2CCOCC2)c1. The van der Waals surface area contributed by atoms with E-state index in [9.17, 15) is 13.2 Å². The molecule has 0 unspecified atom stereocenters. The number of morpholine rings is 1. The molecule has 7 heteroatoms. The van der Waals surface area contributed by atoms with Gasteiger partial charge in [0.2, 0.25) is 10.0 Å². The fraction of sp³-hybridized carbons (Fsp3) is 0.611. The summed E-state index contributed by atoms with van der Waals surface area (Å²) in [4.78, 5) is 12.4. The average Bonchev–Trinajstić information content (AvgIpc) is 2.67. The van der Waals surface area contributed by atoms with Crippen molar-refractivity contribution in [2.24, 2.45) is 5.92 Å². The van der Waals surface area contributed by atoms with Crippen molar-refractivity contribution >= 4 is 16.0 Å². The monoisotopic (exact) mass is 367 g/mol. The van der Waals surface area contributed by atoms with Crippen molar-refractivity contribution in [3.8, 4) is 0 Å². The highest BCUT2D eigenvalue weighted by molar-refractivity contribution is 7.89. The largest absolute Gasteiger partial charge is 0.462 e. The van der Waals surface area contributed by atoms with Crippen LogP contribution in [0.4, 0.5) is 0 Å². The third-order valence-corrected chi connectivity index (χ3v) is 6.75. The van der Waals surface area contributed by atoms with Gasteiger partial charge < -0.3 is 9.47 Å². The van der Waals surface area contributed by atoms with Gasteiger partial charge in [-0.25, -0.2) is 13.2 Å². The molecule has 1 aliphatic carbocycles. The normalized spacial score (nSPS) is 20.3. The lowest BCUT2D eigenvalue weighted by Crippen LogP contribution is -2.40. The number of carbonyl (C=O) groups excluding carboxylic acids is 1. The second-order valence-corrected chi connectivity index (χ2v) is 8.58. The molecule has 0 radical (unpaired) electrons. The van der Waals surface area contributed by atoms with Crippen LogP contribution in [0.5, 0.6) is 0 Å². The van der Waals surface area contributed by atoms with Crippen LogP contribution >= 0.6 is 0 Å². The molecule has 1 saturated heterocycles. The molecular formula is C18H25NO5S. The number of ether oxygens (including phenoxy) is 2. The molecular weight excluding hydrogens is 342 g/mol. The van der Waals surface area contributed by atoms with Gasteiger partial charge in [-0.15, -0.1) is 0 Å². The van der Waals surface area contributed by atoms with Crippen molar-refractivity contribution < 1.29 is 22.7 Å². The van der Waals surface area contributed by atoms with Crippen LogP contribution in [0.1, 0.15) is 42.5 Å². The Balaban J connectivity index is 1.66. The maximum Gasteiger partial charge on any atom is 0.338 e. The summed E-state index contributed by atoms with van der Waals surface area (Å²) in [5, 5.41) is 0. The molecule has 1 aliphatic heterocycles. The Bertz CT molecular complexity index is 691. The second-order valence-electron chi connectivity index (χ2n) is 6.65. The second kappa shape index (κ2) is 8.29. The summed E-state index contributed by atoms with van der Waals surface area (Å²) in [6.07, 6.45) is 5.83. The van der Waals surface area contributed by atoms with Crippen molar-refractivity contribution in [3.05, 3.63) is 29.8 Å². The van der Waals surface area contributed by atoms with Crippen molar-refractivity contribution in [2.45, 2.75) is 37.0 Å². The zero-order valence-electron chi connectivity index (χ0n) is 14.4. The summed E-state index contributed by atoms with van der Waals surface area (Å²) in [5.74, 6) is -0.0254. The molecule has 1 saturated carbocycles. The zero-order chi connectivity index (χ0) is 17.7. The van der Waals surface area contributed by atoms with Gasteiger partial charge in [-0.1, -0.05) is 25.3 Å². The number of hydrogen-bond acceptors (Lipinski definition) is 5. The fourth-order valence-electron chi connectivity index (χ4n) is 3.35. The lowest BCUT2D eigenvalue weighted by molar-refractivity contribution is 0.0410. The molecule has 25 heavy (non-hydrogen) atoms. The maximum absolute atomic E-state index is 12.7. The van der Waals surface area contributed by atoms with Crippen LogP contribution in [0.15, 0.2) is 29.2 Å². The van der Waals surface area contributed by atoms with E-state index in [-0.39, 0.29) is 10.5 Å². The number of esters is 1. The van der Waals surface area contributed by atoms with Crippen LogP contribution in [0.2, 0.25) is 0 Å². The van der Waals surface area contributed by atoms with Gasteiger partial charge in [0.25, 0.3) is 0 Å². The Morgan fingerprint density at radius 1 is 1.16 bits per heavy atom. The highest BCUT2D eigenvalue weighted by Gasteiger charge is 2.27. The molecule has 0 atom stereocenters. The Kier molecular flexibility index (Phi) is 6.09. The van der Waals surface area contributed by atoms with Crippen molar-refractivity contribution in [2.75, 3.05) is 32.9 Å². The summed E-state index contributed by atoms with van der Waals surface area (Å²) >= 11 is 0. The standard InChI is InChI=1S/C18H25NO5S/c20-18(24-14-15-5-2-1-3-6-15)16-7-4-8-17(13-16)25(21,22)19-9-11-23-12-10-19/h4,7-8,13,15H,1-3,5-6,9-12,14H2. The predicted octanol–water partition coefficient (Wildman–Crippen LogP) is 2.44. The van der Waals surface area contributed by atoms with E-state index >= 15 is 0 Å². The van der Waals surface area contributed by atoms with Crippen molar-refractivity contribution in [3.63, 3.8) is 0 Å². The molecule has 0 spiro atoms. The minimum atomic E-state index is -3.61. The van der Waals surface area contributed by atoms with Gasteiger partial charge in [0.05, 0.1) is 30.3 Å². The van der Waals surface area contributed by atoms with Gasteiger partial charge in [-0.3, -0.25) is 0 Å². The van der Waals surface area contributed by atoms with Gasteiger partial charge in [0, 0.05) is 13.1 Å². The molecule has 0 N–H and O–H groups in total. The van der Waals surface area contributed by atoms with Crippen LogP contribution in [0.3, 0.4) is 0 Å². The first kappa shape index (κ1) is 18.4. The molecule has 2 aliphatic rings. The molecule has 1 aromatic carbocycles. The van der Waals surface area contributed by atoms with E-state index < -0.39 is 16.0 Å². The van der Waals surface area contributed by atoms with E-state index in [1.54, 1.807) is 12.1 Å². The Labute approximate surface area is 149 Å². The van der Waals surface area contributed by atoms with Crippen molar-refractivity contribution in [1.82, 2.24) is 4.31 Å². The number of hydrogen-bond donors (Lipinski definition) is 0. The zero-order valence-corrected chi connectivity index (χ0v) is 15.2. The maximum atomic E-state index is 12.7. The smallest absolute Gasteiger partial charge is 0.338 e. The number of rotatable bonds is 5. The first-order valence-electron chi connectivity index (χ1n) is 8.92. The molecule has 0 amide bonds.